The number of alkyl halides is 3. The fraction of sp³-hybridized carbons (Fsp3) is 0.944. The van der Waals surface area contributed by atoms with Crippen molar-refractivity contribution >= 4 is 40.0 Å². The molecule has 2 unspecified atom stereocenters. The molecule has 2 N–H and O–H groups in total. The standard InChI is InChI=1S/C18H31F3N4O3S.HI/c1-3-22-16(24-14-12-15(28-4-2)17(14)8-5-9-17)23-13-6-10-25(11-7-13)29(26,27)18(19,20)21;/h13-15H,3-12H2,1-2H3,(H2,22,23,24);1H. The van der Waals surface area contributed by atoms with E-state index in [4.69, 9.17) is 4.74 Å². The molecule has 0 aromatic rings. The fourth-order valence-corrected chi connectivity index (χ4v) is 5.66. The largest absolute Gasteiger partial charge is 0.511 e. The maximum absolute atomic E-state index is 12.7. The zero-order valence-electron chi connectivity index (χ0n) is 17.4. The second kappa shape index (κ2) is 10.1. The van der Waals surface area contributed by atoms with Crippen LogP contribution in [0.5, 0.6) is 0 Å². The highest BCUT2D eigenvalue weighted by Gasteiger charge is 2.59. The number of halogens is 4. The van der Waals surface area contributed by atoms with Crippen molar-refractivity contribution in [3.05, 3.63) is 0 Å². The Labute approximate surface area is 193 Å². The third-order valence-corrected chi connectivity index (χ3v) is 8.12. The summed E-state index contributed by atoms with van der Waals surface area (Å²) in [4.78, 5) is 4.48. The average molecular weight is 568 g/mol. The summed E-state index contributed by atoms with van der Waals surface area (Å²) in [5, 5.41) is 6.79. The molecule has 2 saturated carbocycles. The van der Waals surface area contributed by atoms with Gasteiger partial charge in [0.2, 0.25) is 0 Å². The fourth-order valence-electron chi connectivity index (χ4n) is 4.68. The lowest BCUT2D eigenvalue weighted by Crippen LogP contribution is -2.69. The molecule has 1 spiro atoms. The first kappa shape index (κ1) is 25.9. The number of ether oxygens (including phenoxy) is 1. The summed E-state index contributed by atoms with van der Waals surface area (Å²) >= 11 is 0. The van der Waals surface area contributed by atoms with Gasteiger partial charge in [0.05, 0.1) is 6.10 Å². The summed E-state index contributed by atoms with van der Waals surface area (Å²) in [6, 6.07) is 0.156. The van der Waals surface area contributed by atoms with Gasteiger partial charge in [-0.15, -0.1) is 24.0 Å². The smallest absolute Gasteiger partial charge is 0.378 e. The van der Waals surface area contributed by atoms with Crippen molar-refractivity contribution in [1.82, 2.24) is 14.9 Å². The van der Waals surface area contributed by atoms with E-state index in [1.165, 1.54) is 6.42 Å². The van der Waals surface area contributed by atoms with Crippen molar-refractivity contribution in [1.29, 1.82) is 0 Å². The first-order valence-corrected chi connectivity index (χ1v) is 11.8. The molecule has 3 rings (SSSR count). The second-order valence-corrected chi connectivity index (χ2v) is 9.98. The number of rotatable bonds is 6. The highest BCUT2D eigenvalue weighted by molar-refractivity contribution is 14.0. The van der Waals surface area contributed by atoms with Gasteiger partial charge in [-0.25, -0.2) is 8.42 Å². The van der Waals surface area contributed by atoms with Crippen LogP contribution >= 0.6 is 24.0 Å². The lowest BCUT2D eigenvalue weighted by molar-refractivity contribution is -0.168. The molecular weight excluding hydrogens is 536 g/mol. The van der Waals surface area contributed by atoms with E-state index in [0.29, 0.717) is 36.3 Å². The molecule has 7 nitrogen and oxygen atoms in total. The van der Waals surface area contributed by atoms with Crippen LogP contribution in [0.4, 0.5) is 13.2 Å². The number of hydrogen-bond acceptors (Lipinski definition) is 4. The minimum absolute atomic E-state index is 0. The van der Waals surface area contributed by atoms with Crippen LogP contribution in [0.3, 0.4) is 0 Å². The molecule has 12 heteroatoms. The number of piperidine rings is 1. The molecule has 1 saturated heterocycles. The molecule has 3 fully saturated rings. The van der Waals surface area contributed by atoms with Crippen molar-refractivity contribution in [2.45, 2.75) is 76.1 Å². The van der Waals surface area contributed by atoms with E-state index in [1.54, 1.807) is 0 Å². The van der Waals surface area contributed by atoms with Crippen LogP contribution in [-0.4, -0.2) is 68.6 Å². The lowest BCUT2D eigenvalue weighted by atomic mass is 9.51. The van der Waals surface area contributed by atoms with E-state index >= 15 is 0 Å². The van der Waals surface area contributed by atoms with Crippen molar-refractivity contribution in [2.24, 2.45) is 10.4 Å². The Morgan fingerprint density at radius 2 is 1.83 bits per heavy atom. The van der Waals surface area contributed by atoms with Crippen LogP contribution in [0, 0.1) is 5.41 Å². The predicted molar refractivity (Wildman–Crippen MR) is 119 cm³/mol. The van der Waals surface area contributed by atoms with Crippen LogP contribution < -0.4 is 10.6 Å². The zero-order valence-corrected chi connectivity index (χ0v) is 20.5. The van der Waals surface area contributed by atoms with Gasteiger partial charge in [0.25, 0.3) is 0 Å². The van der Waals surface area contributed by atoms with Gasteiger partial charge in [-0.1, -0.05) is 6.42 Å². The number of sulfonamides is 1. The Morgan fingerprint density at radius 3 is 2.30 bits per heavy atom. The van der Waals surface area contributed by atoms with Crippen LogP contribution in [0.15, 0.2) is 4.99 Å². The third kappa shape index (κ3) is 5.01. The number of guanidine groups is 1. The van der Waals surface area contributed by atoms with Gasteiger partial charge in [-0.3, -0.25) is 4.99 Å². The third-order valence-electron chi connectivity index (χ3n) is 6.49. The minimum Gasteiger partial charge on any atom is -0.378 e. The van der Waals surface area contributed by atoms with Crippen LogP contribution in [0.1, 0.15) is 52.4 Å². The molecule has 0 aromatic carbocycles. The van der Waals surface area contributed by atoms with Gasteiger partial charge in [0, 0.05) is 43.7 Å². The Balaban J connectivity index is 0.00000320. The highest BCUT2D eigenvalue weighted by atomic mass is 127. The predicted octanol–water partition coefficient (Wildman–Crippen LogP) is 2.82. The van der Waals surface area contributed by atoms with E-state index in [-0.39, 0.29) is 60.7 Å². The van der Waals surface area contributed by atoms with E-state index in [1.807, 2.05) is 13.8 Å². The number of hydrogen-bond donors (Lipinski definition) is 2. The summed E-state index contributed by atoms with van der Waals surface area (Å²) in [7, 11) is -5.25. The normalized spacial score (nSPS) is 27.7. The molecular formula is C18H32F3IN4O3S. The summed E-state index contributed by atoms with van der Waals surface area (Å²) in [6.07, 6.45) is 5.25. The molecule has 0 bridgehead atoms. The van der Waals surface area contributed by atoms with Gasteiger partial charge < -0.3 is 15.4 Å². The SMILES string of the molecule is CCN=C(NC1CCN(S(=O)(=O)C(F)(F)F)CC1)NC1CC(OCC)C12CCC2.I. The molecule has 30 heavy (non-hydrogen) atoms. The molecule has 1 aliphatic heterocycles. The highest BCUT2D eigenvalue weighted by Crippen LogP contribution is 2.57. The number of nitrogens with zero attached hydrogens (tertiary/aromatic N) is 2. The van der Waals surface area contributed by atoms with E-state index in [2.05, 4.69) is 15.6 Å². The second-order valence-electron chi connectivity index (χ2n) is 8.05. The quantitative estimate of drug-likeness (QED) is 0.293. The molecule has 2 atom stereocenters. The Hall–Kier alpha value is -0.340. The Kier molecular flexibility index (Phi) is 8.70. The molecule has 0 amide bonds. The summed E-state index contributed by atoms with van der Waals surface area (Å²) in [5.74, 6) is 0.649. The van der Waals surface area contributed by atoms with Gasteiger partial charge in [-0.2, -0.15) is 17.5 Å². The van der Waals surface area contributed by atoms with Gasteiger partial charge in [0.1, 0.15) is 0 Å². The molecule has 2 aliphatic carbocycles. The topological polar surface area (TPSA) is 83.0 Å². The van der Waals surface area contributed by atoms with Crippen molar-refractivity contribution in [2.75, 3.05) is 26.2 Å². The lowest BCUT2D eigenvalue weighted by Gasteiger charge is -2.61. The van der Waals surface area contributed by atoms with Crippen LogP contribution in [0.25, 0.3) is 0 Å². The molecule has 176 valence electrons. The van der Waals surface area contributed by atoms with Gasteiger partial charge in [0.15, 0.2) is 5.96 Å². The Morgan fingerprint density at radius 1 is 1.20 bits per heavy atom. The minimum atomic E-state index is -5.25. The Bertz CT molecular complexity index is 708. The van der Waals surface area contributed by atoms with E-state index < -0.39 is 15.5 Å². The van der Waals surface area contributed by atoms with Gasteiger partial charge >= 0.3 is 15.5 Å². The molecule has 0 aromatic heterocycles. The zero-order chi connectivity index (χ0) is 21.3. The average Bonchev–Trinajstić information content (AvgIpc) is 2.59. The van der Waals surface area contributed by atoms with Crippen LogP contribution in [-0.2, 0) is 14.8 Å². The maximum atomic E-state index is 12.7. The summed E-state index contributed by atoms with van der Waals surface area (Å²) in [5.41, 5.74) is -5.08. The van der Waals surface area contributed by atoms with Crippen molar-refractivity contribution in [3.63, 3.8) is 0 Å². The maximum Gasteiger partial charge on any atom is 0.511 e. The van der Waals surface area contributed by atoms with Gasteiger partial charge in [-0.05, 0) is 46.0 Å². The number of aliphatic imine (C=N–C) groups is 1. The first-order chi connectivity index (χ1) is 13.6. The molecule has 3 aliphatic rings. The summed E-state index contributed by atoms with van der Waals surface area (Å²) in [6.45, 7) is 4.89. The number of nitrogens with one attached hydrogen (secondary N) is 2. The first-order valence-electron chi connectivity index (χ1n) is 10.4. The molecule has 0 radical (unpaired) electrons. The summed E-state index contributed by atoms with van der Waals surface area (Å²) < 4.78 is 67.7. The van der Waals surface area contributed by atoms with Crippen molar-refractivity contribution in [3.8, 4) is 0 Å². The van der Waals surface area contributed by atoms with Crippen LogP contribution in [0.2, 0.25) is 0 Å². The van der Waals surface area contributed by atoms with E-state index in [0.717, 1.165) is 19.3 Å². The molecule has 1 heterocycles. The monoisotopic (exact) mass is 568 g/mol. The van der Waals surface area contributed by atoms with Crippen molar-refractivity contribution < 1.29 is 26.3 Å². The van der Waals surface area contributed by atoms with E-state index in [9.17, 15) is 21.6 Å².